The summed E-state index contributed by atoms with van der Waals surface area (Å²) in [7, 11) is 1.62. The minimum atomic E-state index is 0.0104. The van der Waals surface area contributed by atoms with Gasteiger partial charge in [-0.05, 0) is 29.3 Å². The van der Waals surface area contributed by atoms with E-state index in [9.17, 15) is 4.79 Å². The van der Waals surface area contributed by atoms with E-state index in [4.69, 9.17) is 14.2 Å². The molecule has 1 aromatic heterocycles. The van der Waals surface area contributed by atoms with Crippen molar-refractivity contribution in [3.8, 4) is 11.5 Å². The topological polar surface area (TPSA) is 60.9 Å². The van der Waals surface area contributed by atoms with Gasteiger partial charge in [0, 0.05) is 38.8 Å². The van der Waals surface area contributed by atoms with Crippen LogP contribution >= 0.6 is 0 Å². The molecule has 1 aliphatic rings. The number of aromatic nitrogens is 1. The zero-order valence-corrected chi connectivity index (χ0v) is 15.2. The van der Waals surface area contributed by atoms with E-state index in [2.05, 4.69) is 4.98 Å². The number of carbonyl (C=O) groups excluding carboxylic acids is 1. The number of amides is 1. The summed E-state index contributed by atoms with van der Waals surface area (Å²) in [6.45, 7) is 3.92. The van der Waals surface area contributed by atoms with Crippen LogP contribution in [-0.4, -0.2) is 42.2 Å². The highest BCUT2D eigenvalue weighted by molar-refractivity contribution is 5.73. The zero-order valence-electron chi connectivity index (χ0n) is 15.2. The Morgan fingerprint density at radius 1 is 1.27 bits per heavy atom. The summed E-state index contributed by atoms with van der Waals surface area (Å²) in [6.07, 6.45) is 4.44. The highest BCUT2D eigenvalue weighted by Gasteiger charge is 2.19. The average Bonchev–Trinajstić information content (AvgIpc) is 3.16. The SMILES string of the molecule is COc1cc(CN(Cc2cccnc2)C(C)=O)ccc1OC1CCOC1. The molecule has 0 saturated carbocycles. The first-order valence-electron chi connectivity index (χ1n) is 8.71. The monoisotopic (exact) mass is 356 g/mol. The van der Waals surface area contributed by atoms with Crippen molar-refractivity contribution < 1.29 is 19.0 Å². The van der Waals surface area contributed by atoms with Gasteiger partial charge in [0.15, 0.2) is 11.5 Å². The van der Waals surface area contributed by atoms with Crippen molar-refractivity contribution in [1.29, 1.82) is 0 Å². The molecule has 1 amide bonds. The number of carbonyl (C=O) groups is 1. The first-order valence-corrected chi connectivity index (χ1v) is 8.71. The Morgan fingerprint density at radius 2 is 2.12 bits per heavy atom. The van der Waals surface area contributed by atoms with Crippen LogP contribution in [0, 0.1) is 0 Å². The van der Waals surface area contributed by atoms with Crippen molar-refractivity contribution in [2.45, 2.75) is 32.5 Å². The molecule has 138 valence electrons. The van der Waals surface area contributed by atoms with Crippen molar-refractivity contribution in [2.75, 3.05) is 20.3 Å². The summed E-state index contributed by atoms with van der Waals surface area (Å²) >= 11 is 0. The van der Waals surface area contributed by atoms with E-state index in [0.717, 1.165) is 24.2 Å². The lowest BCUT2D eigenvalue weighted by molar-refractivity contribution is -0.130. The lowest BCUT2D eigenvalue weighted by Gasteiger charge is -2.22. The summed E-state index contributed by atoms with van der Waals surface area (Å²) in [6, 6.07) is 9.62. The maximum atomic E-state index is 12.0. The van der Waals surface area contributed by atoms with Gasteiger partial charge in [0.25, 0.3) is 0 Å². The molecule has 0 spiro atoms. The third-order valence-corrected chi connectivity index (χ3v) is 4.32. The van der Waals surface area contributed by atoms with Gasteiger partial charge in [-0.25, -0.2) is 0 Å². The zero-order chi connectivity index (χ0) is 18.4. The Balaban J connectivity index is 1.71. The molecule has 1 aliphatic heterocycles. The second-order valence-corrected chi connectivity index (χ2v) is 6.33. The third-order valence-electron chi connectivity index (χ3n) is 4.32. The van der Waals surface area contributed by atoms with E-state index in [1.807, 2.05) is 30.3 Å². The number of rotatable bonds is 7. The molecule has 0 aliphatic carbocycles. The van der Waals surface area contributed by atoms with Crippen LogP contribution < -0.4 is 9.47 Å². The van der Waals surface area contributed by atoms with Crippen molar-refractivity contribution in [2.24, 2.45) is 0 Å². The van der Waals surface area contributed by atoms with Gasteiger partial charge >= 0.3 is 0 Å². The van der Waals surface area contributed by atoms with Crippen molar-refractivity contribution in [1.82, 2.24) is 9.88 Å². The molecule has 0 radical (unpaired) electrons. The summed E-state index contributed by atoms with van der Waals surface area (Å²) in [5, 5.41) is 0. The van der Waals surface area contributed by atoms with E-state index in [-0.39, 0.29) is 12.0 Å². The van der Waals surface area contributed by atoms with E-state index >= 15 is 0 Å². The Morgan fingerprint density at radius 3 is 2.77 bits per heavy atom. The third kappa shape index (κ3) is 4.73. The van der Waals surface area contributed by atoms with Crippen LogP contribution in [0.15, 0.2) is 42.7 Å². The number of benzene rings is 1. The van der Waals surface area contributed by atoms with E-state index in [1.165, 1.54) is 0 Å². The molecule has 6 heteroatoms. The van der Waals surface area contributed by atoms with Crippen LogP contribution in [0.2, 0.25) is 0 Å². The van der Waals surface area contributed by atoms with Crippen LogP contribution in [0.4, 0.5) is 0 Å². The summed E-state index contributed by atoms with van der Waals surface area (Å²) < 4.78 is 16.8. The molecule has 1 saturated heterocycles. The minimum absolute atomic E-state index is 0.0104. The summed E-state index contributed by atoms with van der Waals surface area (Å²) in [4.78, 5) is 17.9. The highest BCUT2D eigenvalue weighted by Crippen LogP contribution is 2.30. The van der Waals surface area contributed by atoms with Crippen molar-refractivity contribution in [3.05, 3.63) is 53.9 Å². The molecule has 0 bridgehead atoms. The summed E-state index contributed by atoms with van der Waals surface area (Å²) in [5.74, 6) is 1.38. The van der Waals surface area contributed by atoms with E-state index in [1.54, 1.807) is 31.3 Å². The molecule has 1 unspecified atom stereocenters. The highest BCUT2D eigenvalue weighted by atomic mass is 16.6. The fourth-order valence-corrected chi connectivity index (χ4v) is 2.90. The quantitative estimate of drug-likeness (QED) is 0.763. The molecule has 2 heterocycles. The largest absolute Gasteiger partial charge is 0.493 e. The van der Waals surface area contributed by atoms with E-state index in [0.29, 0.717) is 31.2 Å². The Hall–Kier alpha value is -2.60. The van der Waals surface area contributed by atoms with Crippen molar-refractivity contribution in [3.63, 3.8) is 0 Å². The number of methoxy groups -OCH3 is 1. The summed E-state index contributed by atoms with van der Waals surface area (Å²) in [5.41, 5.74) is 1.98. The van der Waals surface area contributed by atoms with E-state index < -0.39 is 0 Å². The molecule has 1 atom stereocenters. The van der Waals surface area contributed by atoms with Gasteiger partial charge < -0.3 is 19.1 Å². The van der Waals surface area contributed by atoms with Crippen LogP contribution in [-0.2, 0) is 22.6 Å². The molecule has 26 heavy (non-hydrogen) atoms. The average molecular weight is 356 g/mol. The van der Waals surface area contributed by atoms with Crippen LogP contribution in [0.5, 0.6) is 11.5 Å². The number of hydrogen-bond acceptors (Lipinski definition) is 5. The minimum Gasteiger partial charge on any atom is -0.493 e. The van der Waals surface area contributed by atoms with Gasteiger partial charge in [-0.2, -0.15) is 0 Å². The molecule has 1 fully saturated rings. The Bertz CT molecular complexity index is 730. The van der Waals surface area contributed by atoms with Gasteiger partial charge in [-0.15, -0.1) is 0 Å². The fraction of sp³-hybridized carbons (Fsp3) is 0.400. The van der Waals surface area contributed by atoms with Gasteiger partial charge in [0.2, 0.25) is 5.91 Å². The number of ether oxygens (including phenoxy) is 3. The molecule has 0 N–H and O–H groups in total. The molecule has 2 aromatic rings. The standard InChI is InChI=1S/C20H24N2O4/c1-15(23)22(13-17-4-3-8-21-11-17)12-16-5-6-19(20(10-16)24-2)26-18-7-9-25-14-18/h3-6,8,10-11,18H,7,9,12-14H2,1-2H3. The van der Waals surface area contributed by atoms with Gasteiger partial charge in [0.1, 0.15) is 6.10 Å². The normalized spacial score (nSPS) is 16.3. The predicted octanol–water partition coefficient (Wildman–Crippen LogP) is 2.81. The number of hydrogen-bond donors (Lipinski definition) is 0. The van der Waals surface area contributed by atoms with Crippen LogP contribution in [0.25, 0.3) is 0 Å². The second-order valence-electron chi connectivity index (χ2n) is 6.33. The number of nitrogens with zero attached hydrogens (tertiary/aromatic N) is 2. The lowest BCUT2D eigenvalue weighted by Crippen LogP contribution is -2.27. The Labute approximate surface area is 153 Å². The molecule has 6 nitrogen and oxygen atoms in total. The lowest BCUT2D eigenvalue weighted by atomic mass is 10.1. The maximum absolute atomic E-state index is 12.0. The van der Waals surface area contributed by atoms with Crippen LogP contribution in [0.3, 0.4) is 0 Å². The molecular weight excluding hydrogens is 332 g/mol. The van der Waals surface area contributed by atoms with Gasteiger partial charge in [-0.3, -0.25) is 9.78 Å². The molecule has 3 rings (SSSR count). The number of pyridine rings is 1. The molecular formula is C20H24N2O4. The first-order chi connectivity index (χ1) is 12.7. The second kappa shape index (κ2) is 8.67. The molecule has 1 aromatic carbocycles. The van der Waals surface area contributed by atoms with Gasteiger partial charge in [-0.1, -0.05) is 12.1 Å². The van der Waals surface area contributed by atoms with Crippen molar-refractivity contribution >= 4 is 5.91 Å². The smallest absolute Gasteiger partial charge is 0.220 e. The fourth-order valence-electron chi connectivity index (χ4n) is 2.90. The van der Waals surface area contributed by atoms with Crippen LogP contribution in [0.1, 0.15) is 24.5 Å². The maximum Gasteiger partial charge on any atom is 0.220 e. The Kier molecular flexibility index (Phi) is 6.07. The van der Waals surface area contributed by atoms with Gasteiger partial charge in [0.05, 0.1) is 20.3 Å². The predicted molar refractivity (Wildman–Crippen MR) is 97.0 cm³/mol. The first kappa shape index (κ1) is 18.2.